The average Bonchev–Trinajstić information content (AvgIpc) is 2.90. The molecule has 1 aromatic carbocycles. The standard InChI is InChI=1S/C14H15N3O2/c18-10-16-5-7-17(8-6-16)14(19)13-9-11-3-1-2-4-12(11)15-13/h1-4,9-10,15H,5-8H2. The molecule has 2 amide bonds. The van der Waals surface area contributed by atoms with E-state index >= 15 is 0 Å². The van der Waals surface area contributed by atoms with Gasteiger partial charge in [-0.1, -0.05) is 18.2 Å². The maximum Gasteiger partial charge on any atom is 0.270 e. The second-order valence-corrected chi connectivity index (χ2v) is 4.70. The molecular formula is C14H15N3O2. The van der Waals surface area contributed by atoms with Crippen LogP contribution in [0.4, 0.5) is 0 Å². The Bertz CT molecular complexity index is 579. The van der Waals surface area contributed by atoms with Crippen molar-refractivity contribution in [2.24, 2.45) is 0 Å². The highest BCUT2D eigenvalue weighted by Crippen LogP contribution is 2.16. The second-order valence-electron chi connectivity index (χ2n) is 4.70. The lowest BCUT2D eigenvalue weighted by Gasteiger charge is -2.32. The van der Waals surface area contributed by atoms with Crippen LogP contribution >= 0.6 is 0 Å². The number of nitrogens with one attached hydrogen (secondary N) is 1. The molecule has 0 saturated carbocycles. The van der Waals surface area contributed by atoms with Crippen LogP contribution in [0.3, 0.4) is 0 Å². The molecule has 1 aliphatic rings. The Balaban J connectivity index is 1.78. The smallest absolute Gasteiger partial charge is 0.270 e. The molecule has 0 atom stereocenters. The predicted molar refractivity (Wildman–Crippen MR) is 71.8 cm³/mol. The summed E-state index contributed by atoms with van der Waals surface area (Å²) in [6.07, 6.45) is 0.838. The van der Waals surface area contributed by atoms with Gasteiger partial charge in [-0.3, -0.25) is 9.59 Å². The first-order valence-electron chi connectivity index (χ1n) is 6.34. The Kier molecular flexibility index (Phi) is 2.95. The lowest BCUT2D eigenvalue weighted by molar-refractivity contribution is -0.119. The number of aromatic amines is 1. The predicted octanol–water partition coefficient (Wildman–Crippen LogP) is 1.08. The fourth-order valence-corrected chi connectivity index (χ4v) is 2.39. The Hall–Kier alpha value is -2.30. The zero-order valence-electron chi connectivity index (χ0n) is 10.5. The number of H-pyrrole nitrogens is 1. The number of benzene rings is 1. The number of carbonyl (C=O) groups excluding carboxylic acids is 2. The van der Waals surface area contributed by atoms with E-state index in [2.05, 4.69) is 4.98 Å². The molecule has 98 valence electrons. The van der Waals surface area contributed by atoms with E-state index in [9.17, 15) is 9.59 Å². The first-order chi connectivity index (χ1) is 9.28. The van der Waals surface area contributed by atoms with Crippen LogP contribution in [-0.2, 0) is 4.79 Å². The maximum absolute atomic E-state index is 12.4. The van der Waals surface area contributed by atoms with E-state index < -0.39 is 0 Å². The normalized spacial score (nSPS) is 15.8. The summed E-state index contributed by atoms with van der Waals surface area (Å²) in [5.41, 5.74) is 1.58. The van der Waals surface area contributed by atoms with E-state index in [1.54, 1.807) is 9.80 Å². The van der Waals surface area contributed by atoms with E-state index in [1.165, 1.54) is 0 Å². The van der Waals surface area contributed by atoms with Gasteiger partial charge in [0.05, 0.1) is 0 Å². The average molecular weight is 257 g/mol. The number of amides is 2. The molecule has 3 rings (SSSR count). The molecule has 0 unspecified atom stereocenters. The van der Waals surface area contributed by atoms with E-state index in [1.807, 2.05) is 30.3 Å². The SMILES string of the molecule is O=CN1CCN(C(=O)c2cc3ccccc3[nH]2)CC1. The second kappa shape index (κ2) is 4.76. The minimum absolute atomic E-state index is 0.00162. The summed E-state index contributed by atoms with van der Waals surface area (Å²) in [4.78, 5) is 29.6. The first kappa shape index (κ1) is 11.8. The van der Waals surface area contributed by atoms with E-state index in [0.29, 0.717) is 31.9 Å². The fraction of sp³-hybridized carbons (Fsp3) is 0.286. The largest absolute Gasteiger partial charge is 0.351 e. The molecule has 19 heavy (non-hydrogen) atoms. The molecule has 0 radical (unpaired) electrons. The van der Waals surface area contributed by atoms with E-state index in [4.69, 9.17) is 0 Å². The van der Waals surface area contributed by atoms with Crippen molar-refractivity contribution in [3.63, 3.8) is 0 Å². The molecule has 2 aromatic rings. The Morgan fingerprint density at radius 1 is 1.16 bits per heavy atom. The van der Waals surface area contributed by atoms with Crippen molar-refractivity contribution in [1.29, 1.82) is 0 Å². The van der Waals surface area contributed by atoms with Gasteiger partial charge < -0.3 is 14.8 Å². The third-order valence-corrected chi connectivity index (χ3v) is 3.51. The number of fused-ring (bicyclic) bond motifs is 1. The summed E-state index contributed by atoms with van der Waals surface area (Å²) in [5.74, 6) is 0.00162. The van der Waals surface area contributed by atoms with Crippen LogP contribution < -0.4 is 0 Å². The van der Waals surface area contributed by atoms with Crippen molar-refractivity contribution in [3.05, 3.63) is 36.0 Å². The van der Waals surface area contributed by atoms with Crippen molar-refractivity contribution in [1.82, 2.24) is 14.8 Å². The zero-order valence-corrected chi connectivity index (χ0v) is 10.5. The summed E-state index contributed by atoms with van der Waals surface area (Å²) < 4.78 is 0. The van der Waals surface area contributed by atoms with Gasteiger partial charge in [0.15, 0.2) is 0 Å². The summed E-state index contributed by atoms with van der Waals surface area (Å²) in [5, 5.41) is 1.04. The summed E-state index contributed by atoms with van der Waals surface area (Å²) in [6.45, 7) is 2.39. The van der Waals surface area contributed by atoms with Crippen LogP contribution in [0.5, 0.6) is 0 Å². The topological polar surface area (TPSA) is 56.4 Å². The van der Waals surface area contributed by atoms with Gasteiger partial charge >= 0.3 is 0 Å². The van der Waals surface area contributed by atoms with Gasteiger partial charge in [-0.25, -0.2) is 0 Å². The minimum atomic E-state index is 0.00162. The van der Waals surface area contributed by atoms with Crippen LogP contribution in [-0.4, -0.2) is 53.3 Å². The van der Waals surface area contributed by atoms with Gasteiger partial charge in [-0.2, -0.15) is 0 Å². The maximum atomic E-state index is 12.4. The van der Waals surface area contributed by atoms with Crippen LogP contribution in [0.1, 0.15) is 10.5 Å². The zero-order chi connectivity index (χ0) is 13.2. The van der Waals surface area contributed by atoms with Crippen molar-refractivity contribution < 1.29 is 9.59 Å². The van der Waals surface area contributed by atoms with Crippen molar-refractivity contribution in [2.75, 3.05) is 26.2 Å². The first-order valence-corrected chi connectivity index (χ1v) is 6.34. The number of aromatic nitrogens is 1. The number of para-hydroxylation sites is 1. The molecule has 0 spiro atoms. The lowest BCUT2D eigenvalue weighted by atomic mass is 10.2. The van der Waals surface area contributed by atoms with Crippen molar-refractivity contribution in [2.45, 2.75) is 0 Å². The van der Waals surface area contributed by atoms with Crippen LogP contribution in [0.2, 0.25) is 0 Å². The molecule has 1 fully saturated rings. The quantitative estimate of drug-likeness (QED) is 0.818. The van der Waals surface area contributed by atoms with Crippen LogP contribution in [0.15, 0.2) is 30.3 Å². The van der Waals surface area contributed by atoms with E-state index in [-0.39, 0.29) is 5.91 Å². The summed E-state index contributed by atoms with van der Waals surface area (Å²) >= 11 is 0. The fourth-order valence-electron chi connectivity index (χ4n) is 2.39. The van der Waals surface area contributed by atoms with Gasteiger partial charge in [0, 0.05) is 37.1 Å². The number of nitrogens with zero attached hydrogens (tertiary/aromatic N) is 2. The highest BCUT2D eigenvalue weighted by molar-refractivity contribution is 5.98. The molecule has 5 heteroatoms. The highest BCUT2D eigenvalue weighted by atomic mass is 16.2. The van der Waals surface area contributed by atoms with Gasteiger partial charge in [-0.15, -0.1) is 0 Å². The van der Waals surface area contributed by atoms with Crippen molar-refractivity contribution in [3.8, 4) is 0 Å². The highest BCUT2D eigenvalue weighted by Gasteiger charge is 2.22. The Morgan fingerprint density at radius 2 is 1.89 bits per heavy atom. The molecule has 1 aromatic heterocycles. The number of rotatable bonds is 2. The molecule has 1 saturated heterocycles. The van der Waals surface area contributed by atoms with Crippen molar-refractivity contribution >= 4 is 23.2 Å². The number of piperazine rings is 1. The van der Waals surface area contributed by atoms with Crippen LogP contribution in [0.25, 0.3) is 10.9 Å². The molecule has 1 aliphatic heterocycles. The third-order valence-electron chi connectivity index (χ3n) is 3.51. The van der Waals surface area contributed by atoms with Gasteiger partial charge in [-0.05, 0) is 12.1 Å². The third kappa shape index (κ3) is 2.19. The lowest BCUT2D eigenvalue weighted by Crippen LogP contribution is -2.48. The molecule has 0 aliphatic carbocycles. The Labute approximate surface area is 110 Å². The van der Waals surface area contributed by atoms with Crippen LogP contribution in [0, 0.1) is 0 Å². The van der Waals surface area contributed by atoms with Gasteiger partial charge in [0.25, 0.3) is 5.91 Å². The number of hydrogen-bond acceptors (Lipinski definition) is 2. The number of carbonyl (C=O) groups is 2. The molecular weight excluding hydrogens is 242 g/mol. The molecule has 2 heterocycles. The molecule has 0 bridgehead atoms. The Morgan fingerprint density at radius 3 is 2.58 bits per heavy atom. The monoisotopic (exact) mass is 257 g/mol. The van der Waals surface area contributed by atoms with E-state index in [0.717, 1.165) is 17.3 Å². The number of hydrogen-bond donors (Lipinski definition) is 1. The van der Waals surface area contributed by atoms with Gasteiger partial charge in [0.1, 0.15) is 5.69 Å². The molecule has 5 nitrogen and oxygen atoms in total. The molecule has 1 N–H and O–H groups in total. The summed E-state index contributed by atoms with van der Waals surface area (Å²) in [6, 6.07) is 9.70. The van der Waals surface area contributed by atoms with Gasteiger partial charge in [0.2, 0.25) is 6.41 Å². The minimum Gasteiger partial charge on any atom is -0.351 e. The summed E-state index contributed by atoms with van der Waals surface area (Å²) in [7, 11) is 0.